The average Bonchev–Trinajstić information content (AvgIpc) is 2.42. The average molecular weight is 269 g/mol. The van der Waals surface area contributed by atoms with E-state index in [1.165, 1.54) is 18.3 Å². The first-order valence-electron chi connectivity index (χ1n) is 6.21. The van der Waals surface area contributed by atoms with Gasteiger partial charge in [0.25, 0.3) is 0 Å². The van der Waals surface area contributed by atoms with Crippen molar-refractivity contribution in [2.24, 2.45) is 0 Å². The molecule has 0 aliphatic heterocycles. The van der Waals surface area contributed by atoms with Gasteiger partial charge >= 0.3 is 5.97 Å². The van der Waals surface area contributed by atoms with Crippen molar-refractivity contribution in [1.29, 1.82) is 0 Å². The van der Waals surface area contributed by atoms with E-state index in [0.29, 0.717) is 12.4 Å². The van der Waals surface area contributed by atoms with Crippen molar-refractivity contribution in [1.82, 2.24) is 4.98 Å². The normalized spacial score (nSPS) is 12.1. The molecule has 1 heterocycles. The molecule has 1 unspecified atom stereocenters. The van der Waals surface area contributed by atoms with Gasteiger partial charge in [-0.2, -0.15) is 0 Å². The van der Waals surface area contributed by atoms with Crippen molar-refractivity contribution in [3.8, 4) is 5.75 Å². The fourth-order valence-electron chi connectivity index (χ4n) is 1.30. The van der Waals surface area contributed by atoms with Crippen LogP contribution in [0.3, 0.4) is 0 Å². The highest BCUT2D eigenvalue weighted by Crippen LogP contribution is 2.09. The Kier molecular flexibility index (Phi) is 6.84. The van der Waals surface area contributed by atoms with Gasteiger partial charge in [0.1, 0.15) is 24.2 Å². The smallest absolute Gasteiger partial charge is 0.354 e. The van der Waals surface area contributed by atoms with Crippen LogP contribution in [0.1, 0.15) is 30.3 Å². The number of pyridine rings is 1. The zero-order valence-electron chi connectivity index (χ0n) is 10.9. The SMILES string of the molecule is CCCCOCC(O)COc1ccc(C(=O)O)nc1. The lowest BCUT2D eigenvalue weighted by Gasteiger charge is -2.12. The summed E-state index contributed by atoms with van der Waals surface area (Å²) in [6.45, 7) is 3.00. The number of hydrogen-bond acceptors (Lipinski definition) is 5. The maximum Gasteiger partial charge on any atom is 0.354 e. The number of carbonyl (C=O) groups is 1. The van der Waals surface area contributed by atoms with Crippen LogP contribution in [0.15, 0.2) is 18.3 Å². The molecule has 1 rings (SSSR count). The lowest BCUT2D eigenvalue weighted by molar-refractivity contribution is 0.0112. The Bertz CT molecular complexity index is 379. The van der Waals surface area contributed by atoms with Crippen LogP contribution < -0.4 is 4.74 Å². The van der Waals surface area contributed by atoms with Gasteiger partial charge in [-0.15, -0.1) is 0 Å². The summed E-state index contributed by atoms with van der Waals surface area (Å²) in [5, 5.41) is 18.3. The summed E-state index contributed by atoms with van der Waals surface area (Å²) in [6.07, 6.45) is 2.62. The molecule has 0 aromatic carbocycles. The molecule has 106 valence electrons. The monoisotopic (exact) mass is 269 g/mol. The molecule has 2 N–H and O–H groups in total. The highest BCUT2D eigenvalue weighted by molar-refractivity contribution is 5.85. The predicted octanol–water partition coefficient (Wildman–Crippen LogP) is 1.34. The molecular formula is C13H19NO5. The summed E-state index contributed by atoms with van der Waals surface area (Å²) in [6, 6.07) is 2.85. The fraction of sp³-hybridized carbons (Fsp3) is 0.538. The lowest BCUT2D eigenvalue weighted by Crippen LogP contribution is -2.23. The molecule has 0 bridgehead atoms. The minimum atomic E-state index is -1.09. The predicted molar refractivity (Wildman–Crippen MR) is 68.4 cm³/mol. The lowest BCUT2D eigenvalue weighted by atomic mass is 10.3. The van der Waals surface area contributed by atoms with Crippen LogP contribution in [0.4, 0.5) is 0 Å². The molecule has 0 radical (unpaired) electrons. The van der Waals surface area contributed by atoms with Crippen LogP contribution in [-0.2, 0) is 4.74 Å². The van der Waals surface area contributed by atoms with E-state index in [1.807, 2.05) is 0 Å². The number of carboxylic acid groups (broad SMARTS) is 1. The summed E-state index contributed by atoms with van der Waals surface area (Å²) in [4.78, 5) is 14.3. The van der Waals surface area contributed by atoms with Crippen molar-refractivity contribution >= 4 is 5.97 Å². The van der Waals surface area contributed by atoms with E-state index in [4.69, 9.17) is 14.6 Å². The first-order chi connectivity index (χ1) is 9.13. The molecule has 0 aliphatic carbocycles. The molecule has 6 heteroatoms. The Morgan fingerprint density at radius 1 is 1.42 bits per heavy atom. The van der Waals surface area contributed by atoms with Gasteiger partial charge in [0.05, 0.1) is 12.8 Å². The summed E-state index contributed by atoms with van der Waals surface area (Å²) >= 11 is 0. The van der Waals surface area contributed by atoms with Crippen LogP contribution in [0, 0.1) is 0 Å². The number of ether oxygens (including phenoxy) is 2. The van der Waals surface area contributed by atoms with Gasteiger partial charge in [-0.25, -0.2) is 9.78 Å². The molecular weight excluding hydrogens is 250 g/mol. The zero-order valence-corrected chi connectivity index (χ0v) is 10.9. The van der Waals surface area contributed by atoms with Crippen LogP contribution in [0.25, 0.3) is 0 Å². The molecule has 1 aromatic rings. The van der Waals surface area contributed by atoms with Gasteiger partial charge in [-0.3, -0.25) is 0 Å². The van der Waals surface area contributed by atoms with E-state index in [-0.39, 0.29) is 18.9 Å². The summed E-state index contributed by atoms with van der Waals surface area (Å²) in [5.74, 6) is -0.673. The second kappa shape index (κ2) is 8.44. The maximum atomic E-state index is 10.6. The number of aliphatic hydroxyl groups is 1. The molecule has 0 saturated carbocycles. The van der Waals surface area contributed by atoms with Crippen LogP contribution in [0.2, 0.25) is 0 Å². The van der Waals surface area contributed by atoms with Crippen molar-refractivity contribution < 1.29 is 24.5 Å². The minimum Gasteiger partial charge on any atom is -0.489 e. The molecule has 0 spiro atoms. The molecule has 19 heavy (non-hydrogen) atoms. The van der Waals surface area contributed by atoms with E-state index < -0.39 is 12.1 Å². The van der Waals surface area contributed by atoms with E-state index in [2.05, 4.69) is 11.9 Å². The van der Waals surface area contributed by atoms with Gasteiger partial charge in [-0.1, -0.05) is 13.3 Å². The van der Waals surface area contributed by atoms with Crippen molar-refractivity contribution in [3.63, 3.8) is 0 Å². The highest BCUT2D eigenvalue weighted by atomic mass is 16.5. The topological polar surface area (TPSA) is 88.9 Å². The van der Waals surface area contributed by atoms with Crippen molar-refractivity contribution in [3.05, 3.63) is 24.0 Å². The molecule has 1 atom stereocenters. The van der Waals surface area contributed by atoms with Crippen LogP contribution >= 0.6 is 0 Å². The zero-order chi connectivity index (χ0) is 14.1. The maximum absolute atomic E-state index is 10.6. The Balaban J connectivity index is 2.25. The second-order valence-corrected chi connectivity index (χ2v) is 4.08. The molecule has 0 aliphatic rings. The Labute approximate surface area is 112 Å². The van der Waals surface area contributed by atoms with Crippen LogP contribution in [-0.4, -0.2) is 47.1 Å². The fourth-order valence-corrected chi connectivity index (χ4v) is 1.30. The number of aromatic carboxylic acids is 1. The summed E-state index contributed by atoms with van der Waals surface area (Å²) < 4.78 is 10.5. The largest absolute Gasteiger partial charge is 0.489 e. The van der Waals surface area contributed by atoms with Gasteiger partial charge < -0.3 is 19.7 Å². The first kappa shape index (κ1) is 15.4. The van der Waals surface area contributed by atoms with Gasteiger partial charge in [-0.05, 0) is 18.6 Å². The van der Waals surface area contributed by atoms with Gasteiger partial charge in [0.15, 0.2) is 0 Å². The third-order valence-electron chi connectivity index (χ3n) is 2.35. The van der Waals surface area contributed by atoms with Crippen molar-refractivity contribution in [2.75, 3.05) is 19.8 Å². The highest BCUT2D eigenvalue weighted by Gasteiger charge is 2.07. The minimum absolute atomic E-state index is 0.0456. The number of hydrogen-bond donors (Lipinski definition) is 2. The Morgan fingerprint density at radius 2 is 2.21 bits per heavy atom. The third kappa shape index (κ3) is 6.17. The van der Waals surface area contributed by atoms with E-state index in [9.17, 15) is 9.90 Å². The number of aromatic nitrogens is 1. The molecule has 0 fully saturated rings. The number of rotatable bonds is 9. The number of unbranched alkanes of at least 4 members (excludes halogenated alkanes) is 1. The van der Waals surface area contributed by atoms with Gasteiger partial charge in [0.2, 0.25) is 0 Å². The quantitative estimate of drug-likeness (QED) is 0.657. The first-order valence-corrected chi connectivity index (χ1v) is 6.21. The summed E-state index contributed by atoms with van der Waals surface area (Å²) in [7, 11) is 0. The standard InChI is InChI=1S/C13H19NO5/c1-2-3-6-18-8-10(15)9-19-11-4-5-12(13(16)17)14-7-11/h4-5,7,10,15H,2-3,6,8-9H2,1H3,(H,16,17). The molecule has 6 nitrogen and oxygen atoms in total. The number of aliphatic hydroxyl groups excluding tert-OH is 1. The summed E-state index contributed by atoms with van der Waals surface area (Å²) in [5.41, 5.74) is -0.0456. The molecule has 0 amide bonds. The third-order valence-corrected chi connectivity index (χ3v) is 2.35. The Morgan fingerprint density at radius 3 is 2.79 bits per heavy atom. The van der Waals surface area contributed by atoms with E-state index in [1.54, 1.807) is 0 Å². The van der Waals surface area contributed by atoms with E-state index in [0.717, 1.165) is 12.8 Å². The van der Waals surface area contributed by atoms with Crippen molar-refractivity contribution in [2.45, 2.75) is 25.9 Å². The van der Waals surface area contributed by atoms with E-state index >= 15 is 0 Å². The number of carboxylic acids is 1. The molecule has 0 saturated heterocycles. The number of nitrogens with zero attached hydrogens (tertiary/aromatic N) is 1. The second-order valence-electron chi connectivity index (χ2n) is 4.08. The Hall–Kier alpha value is -1.66. The molecule has 1 aromatic heterocycles. The van der Waals surface area contributed by atoms with Crippen LogP contribution in [0.5, 0.6) is 5.75 Å². The van der Waals surface area contributed by atoms with Gasteiger partial charge in [0, 0.05) is 6.61 Å².